The van der Waals surface area contributed by atoms with E-state index in [1.54, 1.807) is 32.4 Å². The van der Waals surface area contributed by atoms with Crippen molar-refractivity contribution in [1.82, 2.24) is 20.1 Å². The fourth-order valence-corrected chi connectivity index (χ4v) is 4.60. The van der Waals surface area contributed by atoms with Gasteiger partial charge >= 0.3 is 6.18 Å². The highest BCUT2D eigenvalue weighted by Crippen LogP contribution is 2.30. The van der Waals surface area contributed by atoms with Gasteiger partial charge in [-0.05, 0) is 36.2 Å². The van der Waals surface area contributed by atoms with Crippen LogP contribution in [0.15, 0.2) is 53.7 Å². The van der Waals surface area contributed by atoms with Gasteiger partial charge in [-0.25, -0.2) is 0 Å². The fraction of sp³-hybridized carbons (Fsp3) is 0.375. The Labute approximate surface area is 206 Å². The molecule has 1 atom stereocenters. The number of amides is 1. The van der Waals surface area contributed by atoms with E-state index in [1.807, 2.05) is 23.6 Å². The van der Waals surface area contributed by atoms with E-state index in [2.05, 4.69) is 15.5 Å². The number of carbonyl (C=O) groups excluding carboxylic acids is 1. The van der Waals surface area contributed by atoms with Gasteiger partial charge in [0.05, 0.1) is 18.2 Å². The van der Waals surface area contributed by atoms with Crippen molar-refractivity contribution >= 4 is 17.7 Å². The average Bonchev–Trinajstić information content (AvgIpc) is 3.24. The number of nitrogens with zero attached hydrogens (tertiary/aromatic N) is 3. The number of hydrogen-bond donors (Lipinski definition) is 1. The molecule has 0 saturated carbocycles. The first-order valence-electron chi connectivity index (χ1n) is 10.8. The van der Waals surface area contributed by atoms with Crippen LogP contribution in [0.2, 0.25) is 0 Å². The van der Waals surface area contributed by atoms with Crippen molar-refractivity contribution in [2.45, 2.75) is 43.2 Å². The lowest BCUT2D eigenvalue weighted by Gasteiger charge is -2.17. The van der Waals surface area contributed by atoms with Crippen molar-refractivity contribution in [3.8, 4) is 0 Å². The van der Waals surface area contributed by atoms with Gasteiger partial charge < -0.3 is 14.8 Å². The SMILES string of the molecule is COCc1nnc(SCc2ccccc2C(=O)NCc2cccc(C(F)(F)F)c2)n1C(C)COC. The largest absolute Gasteiger partial charge is 0.416 e. The molecule has 0 aliphatic rings. The predicted octanol–water partition coefficient (Wildman–Crippen LogP) is 4.87. The van der Waals surface area contributed by atoms with E-state index < -0.39 is 11.7 Å². The van der Waals surface area contributed by atoms with Gasteiger partial charge in [0.2, 0.25) is 0 Å². The van der Waals surface area contributed by atoms with E-state index in [0.717, 1.165) is 17.7 Å². The molecule has 1 N–H and O–H groups in total. The molecule has 35 heavy (non-hydrogen) atoms. The molecule has 1 unspecified atom stereocenters. The van der Waals surface area contributed by atoms with Gasteiger partial charge in [0, 0.05) is 32.1 Å². The van der Waals surface area contributed by atoms with Crippen molar-refractivity contribution < 1.29 is 27.4 Å². The fourth-order valence-electron chi connectivity index (χ4n) is 3.54. The van der Waals surface area contributed by atoms with E-state index in [4.69, 9.17) is 9.47 Å². The average molecular weight is 509 g/mol. The first-order chi connectivity index (χ1) is 16.7. The molecule has 7 nitrogen and oxygen atoms in total. The van der Waals surface area contributed by atoms with Crippen molar-refractivity contribution in [2.24, 2.45) is 0 Å². The number of hydrogen-bond acceptors (Lipinski definition) is 6. The summed E-state index contributed by atoms with van der Waals surface area (Å²) < 4.78 is 51.3. The lowest BCUT2D eigenvalue weighted by Crippen LogP contribution is -2.24. The molecule has 1 amide bonds. The highest BCUT2D eigenvalue weighted by atomic mass is 32.2. The Balaban J connectivity index is 1.72. The lowest BCUT2D eigenvalue weighted by atomic mass is 10.1. The third-order valence-electron chi connectivity index (χ3n) is 5.18. The zero-order chi connectivity index (χ0) is 25.4. The molecule has 0 aliphatic carbocycles. The normalized spacial score (nSPS) is 12.5. The molecule has 0 aliphatic heterocycles. The maximum absolute atomic E-state index is 13.0. The molecule has 1 aromatic heterocycles. The lowest BCUT2D eigenvalue weighted by molar-refractivity contribution is -0.137. The zero-order valence-corrected chi connectivity index (χ0v) is 20.4. The zero-order valence-electron chi connectivity index (χ0n) is 19.6. The van der Waals surface area contributed by atoms with Crippen LogP contribution < -0.4 is 5.32 Å². The number of thioether (sulfide) groups is 1. The molecule has 0 bridgehead atoms. The number of alkyl halides is 3. The smallest absolute Gasteiger partial charge is 0.383 e. The minimum absolute atomic E-state index is 0.0198. The van der Waals surface area contributed by atoms with E-state index in [-0.39, 0.29) is 18.5 Å². The van der Waals surface area contributed by atoms with Crippen molar-refractivity contribution in [3.63, 3.8) is 0 Å². The predicted molar refractivity (Wildman–Crippen MR) is 126 cm³/mol. The van der Waals surface area contributed by atoms with Crippen LogP contribution in [-0.2, 0) is 34.6 Å². The van der Waals surface area contributed by atoms with Crippen LogP contribution in [0.4, 0.5) is 13.2 Å². The summed E-state index contributed by atoms with van der Waals surface area (Å²) in [5.41, 5.74) is 0.827. The molecule has 0 saturated heterocycles. The Hall–Kier alpha value is -2.89. The molecule has 11 heteroatoms. The van der Waals surface area contributed by atoms with Gasteiger partial charge in [-0.15, -0.1) is 10.2 Å². The number of halogens is 3. The summed E-state index contributed by atoms with van der Waals surface area (Å²) in [5, 5.41) is 11.9. The number of aromatic nitrogens is 3. The van der Waals surface area contributed by atoms with Crippen LogP contribution >= 0.6 is 11.8 Å². The molecule has 1 heterocycles. The highest BCUT2D eigenvalue weighted by molar-refractivity contribution is 7.98. The number of nitrogens with one attached hydrogen (secondary N) is 1. The minimum Gasteiger partial charge on any atom is -0.383 e. The van der Waals surface area contributed by atoms with Crippen LogP contribution in [0.25, 0.3) is 0 Å². The topological polar surface area (TPSA) is 78.3 Å². The summed E-state index contributed by atoms with van der Waals surface area (Å²) in [6.45, 7) is 2.74. The van der Waals surface area contributed by atoms with Crippen LogP contribution in [0, 0.1) is 0 Å². The molecular weight excluding hydrogens is 481 g/mol. The highest BCUT2D eigenvalue weighted by Gasteiger charge is 2.30. The maximum atomic E-state index is 13.0. The maximum Gasteiger partial charge on any atom is 0.416 e. The summed E-state index contributed by atoms with van der Waals surface area (Å²) in [6.07, 6.45) is -4.44. The van der Waals surface area contributed by atoms with Crippen molar-refractivity contribution in [2.75, 3.05) is 20.8 Å². The van der Waals surface area contributed by atoms with Gasteiger partial charge in [-0.2, -0.15) is 13.2 Å². The Bertz CT molecular complexity index is 1140. The molecule has 0 radical (unpaired) electrons. The summed E-state index contributed by atoms with van der Waals surface area (Å²) in [7, 11) is 3.21. The molecule has 3 rings (SSSR count). The summed E-state index contributed by atoms with van der Waals surface area (Å²) in [6, 6.07) is 12.0. The Kier molecular flexibility index (Phi) is 9.30. The van der Waals surface area contributed by atoms with E-state index in [1.165, 1.54) is 17.8 Å². The van der Waals surface area contributed by atoms with Gasteiger partial charge in [-0.3, -0.25) is 9.36 Å². The minimum atomic E-state index is -4.44. The molecule has 2 aromatic carbocycles. The Morgan fingerprint density at radius 3 is 2.60 bits per heavy atom. The monoisotopic (exact) mass is 508 g/mol. The van der Waals surface area contributed by atoms with Crippen LogP contribution in [0.3, 0.4) is 0 Å². The molecule has 3 aromatic rings. The van der Waals surface area contributed by atoms with E-state index in [0.29, 0.717) is 41.1 Å². The number of carbonyl (C=O) groups is 1. The van der Waals surface area contributed by atoms with Crippen molar-refractivity contribution in [3.05, 3.63) is 76.6 Å². The van der Waals surface area contributed by atoms with Gasteiger partial charge in [0.1, 0.15) is 6.61 Å². The summed E-state index contributed by atoms with van der Waals surface area (Å²) in [4.78, 5) is 12.9. The molecule has 0 fully saturated rings. The second kappa shape index (κ2) is 12.2. The second-order valence-corrected chi connectivity index (χ2v) is 8.78. The number of methoxy groups -OCH3 is 2. The third kappa shape index (κ3) is 7.06. The summed E-state index contributed by atoms with van der Waals surface area (Å²) in [5.74, 6) is 0.748. The molecule has 188 valence electrons. The van der Waals surface area contributed by atoms with Crippen molar-refractivity contribution in [1.29, 1.82) is 0 Å². The first-order valence-corrected chi connectivity index (χ1v) is 11.8. The Morgan fingerprint density at radius 2 is 1.89 bits per heavy atom. The third-order valence-corrected chi connectivity index (χ3v) is 6.18. The van der Waals surface area contributed by atoms with Crippen LogP contribution in [-0.4, -0.2) is 41.5 Å². The van der Waals surface area contributed by atoms with Gasteiger partial charge in [0.25, 0.3) is 5.91 Å². The molecule has 0 spiro atoms. The summed E-state index contributed by atoms with van der Waals surface area (Å²) >= 11 is 1.42. The Morgan fingerprint density at radius 1 is 1.11 bits per heavy atom. The van der Waals surface area contributed by atoms with Crippen LogP contribution in [0.1, 0.15) is 45.8 Å². The van der Waals surface area contributed by atoms with E-state index >= 15 is 0 Å². The van der Waals surface area contributed by atoms with E-state index in [9.17, 15) is 18.0 Å². The van der Waals surface area contributed by atoms with Gasteiger partial charge in [0.15, 0.2) is 11.0 Å². The van der Waals surface area contributed by atoms with Crippen LogP contribution in [0.5, 0.6) is 0 Å². The second-order valence-electron chi connectivity index (χ2n) is 7.83. The van der Waals surface area contributed by atoms with Gasteiger partial charge in [-0.1, -0.05) is 42.1 Å². The quantitative estimate of drug-likeness (QED) is 0.372. The number of ether oxygens (including phenoxy) is 2. The first kappa shape index (κ1) is 26.7. The number of rotatable bonds is 11. The molecular formula is C24H27F3N4O3S. The number of benzene rings is 2. The standard InChI is InChI=1S/C24H27F3N4O3S/c1-16(13-33-2)31-21(14-34-3)29-30-23(31)35-15-18-8-4-5-10-20(18)22(32)28-12-17-7-6-9-19(11-17)24(25,26)27/h4-11,16H,12-15H2,1-3H3,(H,28,32).